The lowest BCUT2D eigenvalue weighted by Crippen LogP contribution is -2.47. The van der Waals surface area contributed by atoms with Gasteiger partial charge in [0.2, 0.25) is 5.91 Å². The molecule has 7 heteroatoms. The Hall–Kier alpha value is -2.15. The molecule has 1 unspecified atom stereocenters. The second-order valence-corrected chi connectivity index (χ2v) is 7.46. The average Bonchev–Trinajstić information content (AvgIpc) is 2.60. The second kappa shape index (κ2) is 10.3. The number of carbonyl (C=O) groups is 1. The number of primary amides is 1. The van der Waals surface area contributed by atoms with Crippen molar-refractivity contribution >= 4 is 11.9 Å². The largest absolute Gasteiger partial charge is 0.370 e. The highest BCUT2D eigenvalue weighted by Crippen LogP contribution is 2.20. The number of hydrogen-bond donors (Lipinski definition) is 2. The summed E-state index contributed by atoms with van der Waals surface area (Å²) in [5.41, 5.74) is 7.02. The summed E-state index contributed by atoms with van der Waals surface area (Å²) in [5, 5.41) is 3.33. The first-order chi connectivity index (χ1) is 12.9. The van der Waals surface area contributed by atoms with E-state index in [0.29, 0.717) is 25.1 Å². The number of piperidine rings is 1. The first kappa shape index (κ1) is 21.2. The predicted molar refractivity (Wildman–Crippen MR) is 107 cm³/mol. The molecule has 2 rings (SSSR count). The molecule has 1 atom stereocenters. The molecular weight excluding hydrogens is 345 g/mol. The molecule has 0 saturated carbocycles. The van der Waals surface area contributed by atoms with Crippen LogP contribution in [0.25, 0.3) is 0 Å². The molecule has 1 aromatic rings. The Kier molecular flexibility index (Phi) is 8.03. The van der Waals surface area contributed by atoms with Crippen LogP contribution >= 0.6 is 0 Å². The van der Waals surface area contributed by atoms with Gasteiger partial charge in [-0.25, -0.2) is 9.38 Å². The fraction of sp³-hybridized carbons (Fsp3) is 0.600. The maximum absolute atomic E-state index is 14.0. The molecule has 0 aliphatic carbocycles. The van der Waals surface area contributed by atoms with Crippen molar-refractivity contribution in [3.8, 4) is 0 Å². The minimum absolute atomic E-state index is 0.186. The molecule has 3 N–H and O–H groups in total. The van der Waals surface area contributed by atoms with Crippen molar-refractivity contribution < 1.29 is 9.18 Å². The monoisotopic (exact) mass is 377 g/mol. The molecular formula is C20H32FN5O. The van der Waals surface area contributed by atoms with Crippen LogP contribution in [-0.2, 0) is 17.9 Å². The summed E-state index contributed by atoms with van der Waals surface area (Å²) in [5.74, 6) is 0.681. The minimum Gasteiger partial charge on any atom is -0.370 e. The first-order valence-electron chi connectivity index (χ1n) is 9.62. The van der Waals surface area contributed by atoms with E-state index in [1.807, 2.05) is 32.0 Å². The van der Waals surface area contributed by atoms with Crippen molar-refractivity contribution in [3.05, 3.63) is 35.1 Å². The third-order valence-corrected chi connectivity index (χ3v) is 4.65. The number of carbonyl (C=O) groups excluding carboxylic acids is 1. The van der Waals surface area contributed by atoms with Crippen LogP contribution in [0.5, 0.6) is 0 Å². The molecule has 1 heterocycles. The number of amides is 1. The standard InChI is InChI=1S/C20H32FN5O/c1-4-23-20(26-9-5-6-16(13-26)11-19(22)27)24-12-15-7-8-18(21)17(10-15)14-25(2)3/h7-8,10,16H,4-6,9,11-14H2,1-3H3,(H2,22,27)(H,23,24). The lowest BCUT2D eigenvalue weighted by molar-refractivity contribution is -0.119. The summed E-state index contributed by atoms with van der Waals surface area (Å²) in [6, 6.07) is 5.18. The van der Waals surface area contributed by atoms with Gasteiger partial charge >= 0.3 is 0 Å². The van der Waals surface area contributed by atoms with Gasteiger partial charge in [0, 0.05) is 38.2 Å². The molecule has 1 amide bonds. The zero-order chi connectivity index (χ0) is 19.8. The number of guanidine groups is 1. The Bertz CT molecular complexity index is 662. The quantitative estimate of drug-likeness (QED) is 0.563. The number of likely N-dealkylation sites (tertiary alicyclic amines) is 1. The molecule has 1 fully saturated rings. The highest BCUT2D eigenvalue weighted by atomic mass is 19.1. The third-order valence-electron chi connectivity index (χ3n) is 4.65. The van der Waals surface area contributed by atoms with Crippen molar-refractivity contribution in [2.75, 3.05) is 33.7 Å². The van der Waals surface area contributed by atoms with Crippen LogP contribution in [0.2, 0.25) is 0 Å². The summed E-state index contributed by atoms with van der Waals surface area (Å²) in [6.07, 6.45) is 2.46. The van der Waals surface area contributed by atoms with Gasteiger partial charge in [0.1, 0.15) is 5.82 Å². The van der Waals surface area contributed by atoms with Gasteiger partial charge < -0.3 is 20.9 Å². The van der Waals surface area contributed by atoms with Gasteiger partial charge in [-0.1, -0.05) is 6.07 Å². The number of nitrogens with two attached hydrogens (primary N) is 1. The van der Waals surface area contributed by atoms with Crippen LogP contribution < -0.4 is 11.1 Å². The Morgan fingerprint density at radius 3 is 2.89 bits per heavy atom. The molecule has 1 aliphatic heterocycles. The number of halogens is 1. The Morgan fingerprint density at radius 2 is 2.22 bits per heavy atom. The summed E-state index contributed by atoms with van der Waals surface area (Å²) >= 11 is 0. The second-order valence-electron chi connectivity index (χ2n) is 7.46. The van der Waals surface area contributed by atoms with Crippen LogP contribution in [-0.4, -0.2) is 55.4 Å². The maximum Gasteiger partial charge on any atom is 0.217 e. The molecule has 0 aromatic heterocycles. The van der Waals surface area contributed by atoms with E-state index in [9.17, 15) is 9.18 Å². The van der Waals surface area contributed by atoms with Gasteiger partial charge in [-0.05, 0) is 57.5 Å². The van der Waals surface area contributed by atoms with Crippen molar-refractivity contribution in [1.82, 2.24) is 15.1 Å². The molecule has 27 heavy (non-hydrogen) atoms. The van der Waals surface area contributed by atoms with Gasteiger partial charge in [-0.3, -0.25) is 4.79 Å². The van der Waals surface area contributed by atoms with Crippen LogP contribution in [0, 0.1) is 11.7 Å². The van der Waals surface area contributed by atoms with Crippen molar-refractivity contribution in [2.45, 2.75) is 39.3 Å². The molecule has 150 valence electrons. The Balaban J connectivity index is 2.09. The van der Waals surface area contributed by atoms with Gasteiger partial charge in [0.05, 0.1) is 6.54 Å². The van der Waals surface area contributed by atoms with Gasteiger partial charge in [0.25, 0.3) is 0 Å². The minimum atomic E-state index is -0.247. The predicted octanol–water partition coefficient (Wildman–Crippen LogP) is 1.94. The van der Waals surface area contributed by atoms with Gasteiger partial charge in [0.15, 0.2) is 5.96 Å². The fourth-order valence-corrected chi connectivity index (χ4v) is 3.49. The van der Waals surface area contributed by atoms with Crippen LogP contribution in [0.15, 0.2) is 23.2 Å². The lowest BCUT2D eigenvalue weighted by Gasteiger charge is -2.34. The molecule has 0 radical (unpaired) electrons. The average molecular weight is 378 g/mol. The number of hydrogen-bond acceptors (Lipinski definition) is 3. The van der Waals surface area contributed by atoms with E-state index in [2.05, 4.69) is 10.2 Å². The first-order valence-corrected chi connectivity index (χ1v) is 9.62. The molecule has 1 aliphatic rings. The zero-order valence-electron chi connectivity index (χ0n) is 16.7. The summed E-state index contributed by atoms with van der Waals surface area (Å²) < 4.78 is 14.0. The Labute approximate surface area is 161 Å². The summed E-state index contributed by atoms with van der Waals surface area (Å²) in [4.78, 5) is 20.1. The van der Waals surface area contributed by atoms with Gasteiger partial charge in [-0.15, -0.1) is 0 Å². The van der Waals surface area contributed by atoms with Gasteiger partial charge in [-0.2, -0.15) is 0 Å². The molecule has 0 bridgehead atoms. The van der Waals surface area contributed by atoms with E-state index in [1.165, 1.54) is 6.07 Å². The van der Waals surface area contributed by atoms with E-state index in [4.69, 9.17) is 10.7 Å². The van der Waals surface area contributed by atoms with E-state index < -0.39 is 0 Å². The molecule has 0 spiro atoms. The van der Waals surface area contributed by atoms with E-state index in [-0.39, 0.29) is 17.6 Å². The lowest BCUT2D eigenvalue weighted by atomic mass is 9.95. The maximum atomic E-state index is 14.0. The Morgan fingerprint density at radius 1 is 1.44 bits per heavy atom. The number of aliphatic imine (C=N–C) groups is 1. The molecule has 1 saturated heterocycles. The van der Waals surface area contributed by atoms with E-state index in [0.717, 1.165) is 44.0 Å². The third kappa shape index (κ3) is 6.82. The van der Waals surface area contributed by atoms with Crippen molar-refractivity contribution in [3.63, 3.8) is 0 Å². The number of nitrogens with zero attached hydrogens (tertiary/aromatic N) is 3. The molecule has 6 nitrogen and oxygen atoms in total. The van der Waals surface area contributed by atoms with E-state index >= 15 is 0 Å². The topological polar surface area (TPSA) is 74.0 Å². The van der Waals surface area contributed by atoms with Crippen LogP contribution in [0.1, 0.15) is 37.3 Å². The van der Waals surface area contributed by atoms with E-state index in [1.54, 1.807) is 6.07 Å². The number of nitrogens with one attached hydrogen (secondary N) is 1. The normalized spacial score (nSPS) is 18.0. The SMILES string of the molecule is CCNC(=NCc1ccc(F)c(CN(C)C)c1)N1CCCC(CC(N)=O)C1. The number of rotatable bonds is 7. The van der Waals surface area contributed by atoms with Crippen molar-refractivity contribution in [2.24, 2.45) is 16.6 Å². The van der Waals surface area contributed by atoms with Crippen molar-refractivity contribution in [1.29, 1.82) is 0 Å². The summed E-state index contributed by atoms with van der Waals surface area (Å²) in [6.45, 7) is 5.55. The summed E-state index contributed by atoms with van der Waals surface area (Å²) in [7, 11) is 3.85. The highest BCUT2D eigenvalue weighted by molar-refractivity contribution is 5.80. The van der Waals surface area contributed by atoms with Crippen LogP contribution in [0.4, 0.5) is 4.39 Å². The highest BCUT2D eigenvalue weighted by Gasteiger charge is 2.23. The molecule has 1 aromatic carbocycles. The zero-order valence-corrected chi connectivity index (χ0v) is 16.7. The fourth-order valence-electron chi connectivity index (χ4n) is 3.49. The number of benzene rings is 1. The smallest absolute Gasteiger partial charge is 0.217 e. The van der Waals surface area contributed by atoms with Crippen LogP contribution in [0.3, 0.4) is 0 Å².